The van der Waals surface area contributed by atoms with E-state index in [0.29, 0.717) is 32.5 Å². The smallest absolute Gasteiger partial charge is 0.306 e. The molecule has 6 nitrogen and oxygen atoms in total. The van der Waals surface area contributed by atoms with Crippen LogP contribution in [0.1, 0.15) is 25.7 Å². The Morgan fingerprint density at radius 3 is 2.40 bits per heavy atom. The number of aliphatic carboxylic acids is 1. The average Bonchev–Trinajstić information content (AvgIpc) is 2.48. The van der Waals surface area contributed by atoms with Gasteiger partial charge in [0.15, 0.2) is 0 Å². The Hall–Kier alpha value is -1.14. The summed E-state index contributed by atoms with van der Waals surface area (Å²) in [5.74, 6) is -0.902. The van der Waals surface area contributed by atoms with Crippen molar-refractivity contribution >= 4 is 11.9 Å². The number of rotatable bonds is 4. The first-order chi connectivity index (χ1) is 9.59. The van der Waals surface area contributed by atoms with Crippen LogP contribution in [0.3, 0.4) is 0 Å². The lowest BCUT2D eigenvalue weighted by Crippen LogP contribution is -2.53. The van der Waals surface area contributed by atoms with E-state index in [2.05, 4.69) is 5.32 Å². The summed E-state index contributed by atoms with van der Waals surface area (Å²) < 4.78 is 5.29. The maximum absolute atomic E-state index is 12.8. The third-order valence-electron chi connectivity index (χ3n) is 4.57. The highest BCUT2D eigenvalue weighted by molar-refractivity contribution is 5.83. The molecule has 2 fully saturated rings. The molecule has 2 heterocycles. The molecule has 0 aromatic rings. The van der Waals surface area contributed by atoms with E-state index in [4.69, 9.17) is 9.84 Å². The second-order valence-corrected chi connectivity index (χ2v) is 5.87. The highest BCUT2D eigenvalue weighted by Crippen LogP contribution is 2.33. The molecular weight excluding hydrogens is 260 g/mol. The number of hydrogen-bond acceptors (Lipinski definition) is 4. The summed E-state index contributed by atoms with van der Waals surface area (Å²) in [4.78, 5) is 25.6. The van der Waals surface area contributed by atoms with Gasteiger partial charge in [-0.15, -0.1) is 0 Å². The molecule has 20 heavy (non-hydrogen) atoms. The maximum atomic E-state index is 12.8. The summed E-state index contributed by atoms with van der Waals surface area (Å²) in [6.07, 6.45) is 2.70. The van der Waals surface area contributed by atoms with Crippen LogP contribution in [-0.2, 0) is 14.3 Å². The van der Waals surface area contributed by atoms with Crippen molar-refractivity contribution in [3.05, 3.63) is 0 Å². The zero-order valence-corrected chi connectivity index (χ0v) is 12.1. The van der Waals surface area contributed by atoms with Gasteiger partial charge in [0.1, 0.15) is 0 Å². The van der Waals surface area contributed by atoms with Gasteiger partial charge in [-0.1, -0.05) is 0 Å². The highest BCUT2D eigenvalue weighted by atomic mass is 16.5. The van der Waals surface area contributed by atoms with Crippen LogP contribution in [0.5, 0.6) is 0 Å². The van der Waals surface area contributed by atoms with E-state index in [-0.39, 0.29) is 11.8 Å². The number of likely N-dealkylation sites (tertiary alicyclic amines) is 1. The molecule has 6 heteroatoms. The van der Waals surface area contributed by atoms with E-state index >= 15 is 0 Å². The Morgan fingerprint density at radius 2 is 1.90 bits per heavy atom. The molecular formula is C14H24N2O4. The summed E-state index contributed by atoms with van der Waals surface area (Å²) in [5, 5.41) is 12.3. The molecule has 0 spiro atoms. The van der Waals surface area contributed by atoms with Gasteiger partial charge in [0.25, 0.3) is 0 Å². The first-order valence-electron chi connectivity index (χ1n) is 7.31. The molecule has 0 radical (unpaired) electrons. The number of ether oxygens (including phenoxy) is 1. The molecule has 0 aromatic heterocycles. The predicted octanol–water partition coefficient (Wildman–Crippen LogP) is 0.326. The van der Waals surface area contributed by atoms with Gasteiger partial charge in [-0.3, -0.25) is 9.59 Å². The van der Waals surface area contributed by atoms with Crippen molar-refractivity contribution < 1.29 is 19.4 Å². The SMILES string of the molecule is COCC1(C(=O)N2CCC(C(=O)O)CC2)CCNCC1. The summed E-state index contributed by atoms with van der Waals surface area (Å²) in [5.41, 5.74) is -0.421. The fourth-order valence-corrected chi connectivity index (χ4v) is 3.27. The molecule has 0 saturated carbocycles. The van der Waals surface area contributed by atoms with Crippen LogP contribution in [0.2, 0.25) is 0 Å². The number of carboxylic acid groups (broad SMARTS) is 1. The number of piperidine rings is 2. The van der Waals surface area contributed by atoms with Crippen molar-refractivity contribution in [3.8, 4) is 0 Å². The standard InChI is InChI=1S/C14H24N2O4/c1-20-10-14(4-6-15-7-5-14)13(19)16-8-2-11(3-9-16)12(17)18/h11,15H,2-10H2,1H3,(H,17,18). The summed E-state index contributed by atoms with van der Waals surface area (Å²) in [6, 6.07) is 0. The highest BCUT2D eigenvalue weighted by Gasteiger charge is 2.43. The number of amides is 1. The van der Waals surface area contributed by atoms with Gasteiger partial charge in [-0.05, 0) is 38.8 Å². The Balaban J connectivity index is 2.00. The van der Waals surface area contributed by atoms with Crippen molar-refractivity contribution in [1.29, 1.82) is 0 Å². The van der Waals surface area contributed by atoms with Crippen molar-refractivity contribution in [1.82, 2.24) is 10.2 Å². The minimum atomic E-state index is -0.745. The van der Waals surface area contributed by atoms with Crippen LogP contribution >= 0.6 is 0 Å². The minimum Gasteiger partial charge on any atom is -0.481 e. The number of carbonyl (C=O) groups is 2. The van der Waals surface area contributed by atoms with Gasteiger partial charge in [0.05, 0.1) is 17.9 Å². The summed E-state index contributed by atoms with van der Waals surface area (Å²) in [7, 11) is 1.63. The molecule has 0 bridgehead atoms. The van der Waals surface area contributed by atoms with Crippen LogP contribution in [0.4, 0.5) is 0 Å². The molecule has 1 amide bonds. The first kappa shape index (κ1) is 15.3. The number of nitrogens with one attached hydrogen (secondary N) is 1. The third kappa shape index (κ3) is 3.12. The topological polar surface area (TPSA) is 78.9 Å². The fraction of sp³-hybridized carbons (Fsp3) is 0.857. The van der Waals surface area contributed by atoms with Crippen LogP contribution in [0, 0.1) is 11.3 Å². The van der Waals surface area contributed by atoms with E-state index in [1.807, 2.05) is 4.90 Å². The molecule has 0 atom stereocenters. The molecule has 0 aromatic carbocycles. The Labute approximate surface area is 119 Å². The average molecular weight is 284 g/mol. The molecule has 2 saturated heterocycles. The second kappa shape index (κ2) is 6.54. The van der Waals surface area contributed by atoms with Gasteiger partial charge >= 0.3 is 5.97 Å². The predicted molar refractivity (Wildman–Crippen MR) is 73.4 cm³/mol. The number of nitrogens with zero attached hydrogens (tertiary/aromatic N) is 1. The Bertz CT molecular complexity index is 353. The molecule has 2 rings (SSSR count). The van der Waals surface area contributed by atoms with E-state index < -0.39 is 11.4 Å². The number of hydrogen-bond donors (Lipinski definition) is 2. The molecule has 2 aliphatic rings. The Kier molecular flexibility index (Phi) is 4.99. The van der Waals surface area contributed by atoms with Gasteiger partial charge in [0, 0.05) is 20.2 Å². The lowest BCUT2D eigenvalue weighted by Gasteiger charge is -2.41. The Morgan fingerprint density at radius 1 is 1.30 bits per heavy atom. The maximum Gasteiger partial charge on any atom is 0.306 e. The van der Waals surface area contributed by atoms with Gasteiger partial charge in [-0.2, -0.15) is 0 Å². The molecule has 2 aliphatic heterocycles. The quantitative estimate of drug-likeness (QED) is 0.777. The monoisotopic (exact) mass is 284 g/mol. The van der Waals surface area contributed by atoms with Crippen LogP contribution in [-0.4, -0.2) is 61.8 Å². The summed E-state index contributed by atoms with van der Waals surface area (Å²) in [6.45, 7) is 3.22. The van der Waals surface area contributed by atoms with Crippen molar-refractivity contribution in [3.63, 3.8) is 0 Å². The van der Waals surface area contributed by atoms with Gasteiger partial charge in [0.2, 0.25) is 5.91 Å². The van der Waals surface area contributed by atoms with Crippen molar-refractivity contribution in [2.45, 2.75) is 25.7 Å². The lowest BCUT2D eigenvalue weighted by molar-refractivity contribution is -0.152. The minimum absolute atomic E-state index is 0.143. The molecule has 114 valence electrons. The molecule has 0 aliphatic carbocycles. The molecule has 2 N–H and O–H groups in total. The van der Waals surface area contributed by atoms with Gasteiger partial charge in [-0.25, -0.2) is 0 Å². The van der Waals surface area contributed by atoms with Crippen LogP contribution < -0.4 is 5.32 Å². The lowest BCUT2D eigenvalue weighted by atomic mass is 9.77. The van der Waals surface area contributed by atoms with E-state index in [1.54, 1.807) is 7.11 Å². The second-order valence-electron chi connectivity index (χ2n) is 5.87. The third-order valence-corrected chi connectivity index (χ3v) is 4.57. The van der Waals surface area contributed by atoms with E-state index in [9.17, 15) is 9.59 Å². The van der Waals surface area contributed by atoms with Crippen LogP contribution in [0.25, 0.3) is 0 Å². The number of carboxylic acids is 1. The first-order valence-corrected chi connectivity index (χ1v) is 7.31. The van der Waals surface area contributed by atoms with Crippen LogP contribution in [0.15, 0.2) is 0 Å². The zero-order valence-electron chi connectivity index (χ0n) is 12.1. The fourth-order valence-electron chi connectivity index (χ4n) is 3.27. The summed E-state index contributed by atoms with van der Waals surface area (Å²) >= 11 is 0. The van der Waals surface area contributed by atoms with E-state index in [0.717, 1.165) is 25.9 Å². The largest absolute Gasteiger partial charge is 0.481 e. The number of carbonyl (C=O) groups excluding carboxylic acids is 1. The zero-order chi connectivity index (χ0) is 14.6. The van der Waals surface area contributed by atoms with Crippen molar-refractivity contribution in [2.75, 3.05) is 39.9 Å². The van der Waals surface area contributed by atoms with E-state index in [1.165, 1.54) is 0 Å². The molecule has 0 unspecified atom stereocenters. The van der Waals surface area contributed by atoms with Gasteiger partial charge < -0.3 is 20.1 Å². The van der Waals surface area contributed by atoms with Crippen molar-refractivity contribution in [2.24, 2.45) is 11.3 Å². The number of methoxy groups -OCH3 is 1. The normalized spacial score (nSPS) is 23.6.